The summed E-state index contributed by atoms with van der Waals surface area (Å²) in [6.07, 6.45) is 6.30. The molecule has 0 nitrogen and oxygen atoms in total. The maximum atomic E-state index is 13.3. The van der Waals surface area contributed by atoms with Gasteiger partial charge in [-0.05, 0) is 31.3 Å². The Morgan fingerprint density at radius 1 is 1.13 bits per heavy atom. The number of rotatable bonds is 10. The molecule has 0 heterocycles. The van der Waals surface area contributed by atoms with E-state index in [9.17, 15) is 8.78 Å². The minimum atomic E-state index is -0.631. The van der Waals surface area contributed by atoms with Crippen molar-refractivity contribution in [1.29, 1.82) is 0 Å². The van der Waals surface area contributed by atoms with Gasteiger partial charge >= 0.3 is 0 Å². The second-order valence-corrected chi connectivity index (χ2v) is 5.80. The van der Waals surface area contributed by atoms with E-state index in [0.29, 0.717) is 21.4 Å². The SMILES string of the molecule is CCC(C)CCPC(F)CCCCCF. The highest BCUT2D eigenvalue weighted by atomic mass is 31.1. The molecule has 3 heteroatoms. The fourth-order valence-corrected chi connectivity index (χ4v) is 2.77. The lowest BCUT2D eigenvalue weighted by Gasteiger charge is -2.10. The van der Waals surface area contributed by atoms with Crippen LogP contribution in [0.5, 0.6) is 0 Å². The molecule has 0 fully saturated rings. The molecular weight excluding hydrogens is 213 g/mol. The van der Waals surface area contributed by atoms with Gasteiger partial charge in [0.1, 0.15) is 5.91 Å². The minimum absolute atomic E-state index is 0.257. The number of hydrogen-bond acceptors (Lipinski definition) is 0. The molecule has 92 valence electrons. The molecule has 3 atom stereocenters. The van der Waals surface area contributed by atoms with Crippen LogP contribution in [0.1, 0.15) is 52.4 Å². The molecule has 0 aliphatic heterocycles. The van der Waals surface area contributed by atoms with E-state index in [4.69, 9.17) is 0 Å². The molecule has 0 spiro atoms. The maximum absolute atomic E-state index is 13.3. The van der Waals surface area contributed by atoms with E-state index in [1.165, 1.54) is 6.42 Å². The Hall–Kier alpha value is 0.290. The first-order valence-electron chi connectivity index (χ1n) is 6.14. The highest BCUT2D eigenvalue weighted by molar-refractivity contribution is 7.38. The van der Waals surface area contributed by atoms with Crippen LogP contribution < -0.4 is 0 Å². The summed E-state index contributed by atoms with van der Waals surface area (Å²) < 4.78 is 25.1. The van der Waals surface area contributed by atoms with Crippen molar-refractivity contribution >= 4 is 8.58 Å². The van der Waals surface area contributed by atoms with Crippen LogP contribution in [0.2, 0.25) is 0 Å². The number of hydrogen-bond donors (Lipinski definition) is 0. The van der Waals surface area contributed by atoms with Crippen molar-refractivity contribution in [3.05, 3.63) is 0 Å². The summed E-state index contributed by atoms with van der Waals surface area (Å²) >= 11 is 0. The predicted octanol–water partition coefficient (Wildman–Crippen LogP) is 4.93. The molecule has 0 aliphatic rings. The molecule has 0 N–H and O–H groups in total. The van der Waals surface area contributed by atoms with Crippen LogP contribution in [0.15, 0.2) is 0 Å². The second-order valence-electron chi connectivity index (χ2n) is 4.26. The van der Waals surface area contributed by atoms with Crippen molar-refractivity contribution in [3.8, 4) is 0 Å². The fraction of sp³-hybridized carbons (Fsp3) is 1.00. The molecule has 0 saturated carbocycles. The van der Waals surface area contributed by atoms with Gasteiger partial charge in [0.15, 0.2) is 0 Å². The molecular formula is C12H25F2P. The molecule has 3 unspecified atom stereocenters. The third-order valence-corrected chi connectivity index (χ3v) is 4.10. The van der Waals surface area contributed by atoms with Crippen LogP contribution in [0.3, 0.4) is 0 Å². The van der Waals surface area contributed by atoms with Crippen LogP contribution in [-0.4, -0.2) is 18.7 Å². The van der Waals surface area contributed by atoms with Gasteiger partial charge in [-0.2, -0.15) is 0 Å². The van der Waals surface area contributed by atoms with Gasteiger partial charge in [-0.15, -0.1) is 0 Å². The van der Waals surface area contributed by atoms with E-state index in [1.54, 1.807) is 0 Å². The van der Waals surface area contributed by atoms with E-state index in [1.807, 2.05) is 0 Å². The Morgan fingerprint density at radius 2 is 1.87 bits per heavy atom. The first-order chi connectivity index (χ1) is 7.20. The summed E-state index contributed by atoms with van der Waals surface area (Å²) in [5.41, 5.74) is 0. The smallest absolute Gasteiger partial charge is 0.116 e. The Kier molecular flexibility index (Phi) is 11.0. The number of halogens is 2. The van der Waals surface area contributed by atoms with Crippen LogP contribution in [0, 0.1) is 5.92 Å². The van der Waals surface area contributed by atoms with Gasteiger partial charge in [-0.1, -0.05) is 41.7 Å². The molecule has 0 radical (unpaired) electrons. The van der Waals surface area contributed by atoms with Crippen molar-refractivity contribution in [3.63, 3.8) is 0 Å². The molecule has 0 aromatic heterocycles. The molecule has 0 aromatic rings. The van der Waals surface area contributed by atoms with Crippen molar-refractivity contribution in [2.24, 2.45) is 5.92 Å². The fourth-order valence-electron chi connectivity index (χ4n) is 1.39. The minimum Gasteiger partial charge on any atom is -0.251 e. The Labute approximate surface area is 95.0 Å². The van der Waals surface area contributed by atoms with Crippen molar-refractivity contribution < 1.29 is 8.78 Å². The van der Waals surface area contributed by atoms with E-state index in [-0.39, 0.29) is 6.67 Å². The third-order valence-electron chi connectivity index (χ3n) is 2.79. The summed E-state index contributed by atoms with van der Waals surface area (Å²) in [7, 11) is 0.453. The normalized spacial score (nSPS) is 16.0. The maximum Gasteiger partial charge on any atom is 0.116 e. The summed E-state index contributed by atoms with van der Waals surface area (Å²) in [4.78, 5) is 0. The summed E-state index contributed by atoms with van der Waals surface area (Å²) in [5.74, 6) is 0.102. The first-order valence-corrected chi connectivity index (χ1v) is 7.42. The largest absolute Gasteiger partial charge is 0.251 e. The Balaban J connectivity index is 3.21. The lowest BCUT2D eigenvalue weighted by atomic mass is 10.1. The molecule has 0 aliphatic carbocycles. The van der Waals surface area contributed by atoms with Gasteiger partial charge in [0.25, 0.3) is 0 Å². The highest BCUT2D eigenvalue weighted by Crippen LogP contribution is 2.27. The van der Waals surface area contributed by atoms with Gasteiger partial charge in [0.05, 0.1) is 6.67 Å². The quantitative estimate of drug-likeness (QED) is 0.374. The zero-order chi connectivity index (χ0) is 11.5. The van der Waals surface area contributed by atoms with Crippen molar-refractivity contribution in [2.75, 3.05) is 12.8 Å². The molecule has 15 heavy (non-hydrogen) atoms. The van der Waals surface area contributed by atoms with Gasteiger partial charge in [0.2, 0.25) is 0 Å². The van der Waals surface area contributed by atoms with E-state index < -0.39 is 5.91 Å². The van der Waals surface area contributed by atoms with E-state index in [0.717, 1.165) is 31.3 Å². The monoisotopic (exact) mass is 238 g/mol. The molecule has 0 aromatic carbocycles. The number of unbranched alkanes of at least 4 members (excludes halogenated alkanes) is 2. The van der Waals surface area contributed by atoms with Crippen LogP contribution in [0.4, 0.5) is 8.78 Å². The van der Waals surface area contributed by atoms with E-state index >= 15 is 0 Å². The Bertz CT molecular complexity index is 131. The van der Waals surface area contributed by atoms with Crippen molar-refractivity contribution in [2.45, 2.75) is 58.3 Å². The van der Waals surface area contributed by atoms with Crippen molar-refractivity contribution in [1.82, 2.24) is 0 Å². The molecule has 0 rings (SSSR count). The van der Waals surface area contributed by atoms with Gasteiger partial charge in [-0.3, -0.25) is 4.39 Å². The topological polar surface area (TPSA) is 0 Å². The average molecular weight is 238 g/mol. The van der Waals surface area contributed by atoms with Crippen LogP contribution in [-0.2, 0) is 0 Å². The third kappa shape index (κ3) is 10.6. The second kappa shape index (κ2) is 10.8. The lowest BCUT2D eigenvalue weighted by Crippen LogP contribution is -1.98. The summed E-state index contributed by atoms with van der Waals surface area (Å²) in [6.45, 7) is 4.14. The van der Waals surface area contributed by atoms with Gasteiger partial charge < -0.3 is 0 Å². The van der Waals surface area contributed by atoms with E-state index in [2.05, 4.69) is 13.8 Å². The molecule has 0 bridgehead atoms. The van der Waals surface area contributed by atoms with Crippen LogP contribution >= 0.6 is 8.58 Å². The summed E-state index contributed by atoms with van der Waals surface area (Å²) in [6, 6.07) is 0. The molecule has 0 saturated heterocycles. The standard InChI is InChI=1S/C12H25F2P/c1-3-11(2)8-10-15-12(14)7-5-4-6-9-13/h11-12,15H,3-10H2,1-2H3. The predicted molar refractivity (Wildman–Crippen MR) is 66.6 cm³/mol. The highest BCUT2D eigenvalue weighted by Gasteiger charge is 2.06. The van der Waals surface area contributed by atoms with Crippen LogP contribution in [0.25, 0.3) is 0 Å². The first kappa shape index (κ1) is 15.3. The Morgan fingerprint density at radius 3 is 2.47 bits per heavy atom. The van der Waals surface area contributed by atoms with Gasteiger partial charge in [0, 0.05) is 0 Å². The van der Waals surface area contributed by atoms with Gasteiger partial charge in [-0.25, -0.2) is 4.39 Å². The zero-order valence-electron chi connectivity index (χ0n) is 10.1. The lowest BCUT2D eigenvalue weighted by molar-refractivity contribution is 0.395. The summed E-state index contributed by atoms with van der Waals surface area (Å²) in [5, 5.41) is 0. The number of alkyl halides is 2. The molecule has 0 amide bonds. The zero-order valence-corrected chi connectivity index (χ0v) is 11.1. The average Bonchev–Trinajstić information content (AvgIpc) is 2.24.